The van der Waals surface area contributed by atoms with Gasteiger partial charge in [0.15, 0.2) is 11.6 Å². The molecular weight excluding hydrogens is 352 g/mol. The van der Waals surface area contributed by atoms with E-state index in [1.54, 1.807) is 55.5 Å². The van der Waals surface area contributed by atoms with Crippen molar-refractivity contribution in [3.8, 4) is 0 Å². The summed E-state index contributed by atoms with van der Waals surface area (Å²) in [5.74, 6) is -1.31. The highest BCUT2D eigenvalue weighted by Crippen LogP contribution is 2.36. The molecule has 1 aliphatic carbocycles. The predicted molar refractivity (Wildman–Crippen MR) is 98.2 cm³/mol. The fraction of sp³-hybridized carbons (Fsp3) is 0.0952. The van der Waals surface area contributed by atoms with Crippen LogP contribution in [-0.2, 0) is 4.74 Å². The average Bonchev–Trinajstić information content (AvgIpc) is 2.65. The minimum absolute atomic E-state index is 0.0851. The van der Waals surface area contributed by atoms with E-state index in [1.807, 2.05) is 0 Å². The number of carbonyl (C=O) groups excluding carboxylic acids is 3. The summed E-state index contributed by atoms with van der Waals surface area (Å²) >= 11 is 6.29. The summed E-state index contributed by atoms with van der Waals surface area (Å²) in [6, 6.07) is 13.3. The number of halogens is 1. The first-order valence-electron chi connectivity index (χ1n) is 8.15. The molecule has 0 aliphatic heterocycles. The highest BCUT2D eigenvalue weighted by molar-refractivity contribution is 6.38. The minimum Gasteiger partial charge on any atom is -0.462 e. The fourth-order valence-electron chi connectivity index (χ4n) is 3.38. The van der Waals surface area contributed by atoms with Gasteiger partial charge in [-0.05, 0) is 24.4 Å². The van der Waals surface area contributed by atoms with Gasteiger partial charge in [-0.1, -0.05) is 48.0 Å². The van der Waals surface area contributed by atoms with Crippen LogP contribution in [0.3, 0.4) is 0 Å². The van der Waals surface area contributed by atoms with Crippen molar-refractivity contribution in [1.29, 1.82) is 0 Å². The quantitative estimate of drug-likeness (QED) is 0.493. The number of ether oxygens (including phenoxy) is 1. The summed E-state index contributed by atoms with van der Waals surface area (Å²) in [4.78, 5) is 38.8. The van der Waals surface area contributed by atoms with Crippen LogP contribution in [0.4, 0.5) is 0 Å². The van der Waals surface area contributed by atoms with Crippen LogP contribution in [0, 0.1) is 0 Å². The van der Waals surface area contributed by atoms with E-state index in [4.69, 9.17) is 16.3 Å². The Morgan fingerprint density at radius 1 is 0.923 bits per heavy atom. The standard InChI is InChI=1S/C21H13ClO4/c1-2-26-21(25)18-11-8-5-9-16(22)14(11)10-15-17(18)20(24)13-7-4-3-6-12(13)19(15)23/h3-10H,2H2,1H3. The maximum absolute atomic E-state index is 13.1. The summed E-state index contributed by atoms with van der Waals surface area (Å²) in [7, 11) is 0. The monoisotopic (exact) mass is 364 g/mol. The molecule has 0 saturated carbocycles. The SMILES string of the molecule is CCOC(=O)c1c2c(cc3c(Cl)cccc13)C(=O)c1ccccc1C2=O. The molecule has 26 heavy (non-hydrogen) atoms. The molecule has 0 N–H and O–H groups in total. The predicted octanol–water partition coefficient (Wildman–Crippen LogP) is 4.45. The second kappa shape index (κ2) is 6.07. The van der Waals surface area contributed by atoms with E-state index in [0.717, 1.165) is 0 Å². The zero-order chi connectivity index (χ0) is 18.4. The molecule has 3 aromatic rings. The Balaban J connectivity index is 2.14. The zero-order valence-corrected chi connectivity index (χ0v) is 14.6. The van der Waals surface area contributed by atoms with Crippen LogP contribution in [0.1, 0.15) is 49.1 Å². The van der Waals surface area contributed by atoms with Crippen LogP contribution in [0.5, 0.6) is 0 Å². The minimum atomic E-state index is -0.642. The molecule has 0 unspecified atom stereocenters. The first-order valence-corrected chi connectivity index (χ1v) is 8.53. The first kappa shape index (κ1) is 16.5. The van der Waals surface area contributed by atoms with Gasteiger partial charge < -0.3 is 4.74 Å². The number of ketones is 2. The number of fused-ring (bicyclic) bond motifs is 3. The number of hydrogen-bond acceptors (Lipinski definition) is 4. The summed E-state index contributed by atoms with van der Waals surface area (Å²) in [5, 5.41) is 1.43. The topological polar surface area (TPSA) is 60.4 Å². The van der Waals surface area contributed by atoms with Gasteiger partial charge in [-0.25, -0.2) is 4.79 Å². The Morgan fingerprint density at radius 3 is 2.31 bits per heavy atom. The number of hydrogen-bond donors (Lipinski definition) is 0. The number of rotatable bonds is 2. The van der Waals surface area contributed by atoms with E-state index < -0.39 is 5.97 Å². The molecule has 5 heteroatoms. The molecule has 0 saturated heterocycles. The van der Waals surface area contributed by atoms with Gasteiger partial charge in [-0.3, -0.25) is 9.59 Å². The molecule has 1 aliphatic rings. The number of benzene rings is 3. The fourth-order valence-corrected chi connectivity index (χ4v) is 3.61. The van der Waals surface area contributed by atoms with Crippen molar-refractivity contribution < 1.29 is 19.1 Å². The zero-order valence-electron chi connectivity index (χ0n) is 13.8. The molecule has 4 nitrogen and oxygen atoms in total. The number of esters is 1. The smallest absolute Gasteiger partial charge is 0.339 e. The third-order valence-corrected chi connectivity index (χ3v) is 4.83. The van der Waals surface area contributed by atoms with Crippen LogP contribution >= 0.6 is 11.6 Å². The van der Waals surface area contributed by atoms with Crippen LogP contribution in [0.2, 0.25) is 5.02 Å². The van der Waals surface area contributed by atoms with Crippen LogP contribution in [0.15, 0.2) is 48.5 Å². The molecule has 0 atom stereocenters. The highest BCUT2D eigenvalue weighted by atomic mass is 35.5. The Morgan fingerprint density at radius 2 is 1.62 bits per heavy atom. The van der Waals surface area contributed by atoms with Gasteiger partial charge in [0.05, 0.1) is 12.2 Å². The lowest BCUT2D eigenvalue weighted by molar-refractivity contribution is 0.0526. The molecule has 0 bridgehead atoms. The molecule has 0 spiro atoms. The van der Waals surface area contributed by atoms with Crippen molar-refractivity contribution in [2.45, 2.75) is 6.92 Å². The normalized spacial score (nSPS) is 12.7. The van der Waals surface area contributed by atoms with Crippen molar-refractivity contribution >= 4 is 39.9 Å². The van der Waals surface area contributed by atoms with Gasteiger partial charge in [-0.15, -0.1) is 0 Å². The molecule has 0 fully saturated rings. The van der Waals surface area contributed by atoms with E-state index in [-0.39, 0.29) is 40.4 Å². The molecule has 0 radical (unpaired) electrons. The van der Waals surface area contributed by atoms with Crippen LogP contribution in [-0.4, -0.2) is 24.1 Å². The third kappa shape index (κ3) is 2.26. The Bertz CT molecular complexity index is 1110. The second-order valence-electron chi connectivity index (χ2n) is 5.93. The van der Waals surface area contributed by atoms with Gasteiger partial charge >= 0.3 is 5.97 Å². The first-order chi connectivity index (χ1) is 12.5. The van der Waals surface area contributed by atoms with Gasteiger partial charge in [0.2, 0.25) is 0 Å². The van der Waals surface area contributed by atoms with Crippen molar-refractivity contribution in [2.75, 3.05) is 6.61 Å². The van der Waals surface area contributed by atoms with Gasteiger partial charge in [-0.2, -0.15) is 0 Å². The highest BCUT2D eigenvalue weighted by Gasteiger charge is 2.35. The van der Waals surface area contributed by atoms with E-state index >= 15 is 0 Å². The molecule has 3 aromatic carbocycles. The molecule has 128 valence electrons. The van der Waals surface area contributed by atoms with E-state index in [1.165, 1.54) is 0 Å². The summed E-state index contributed by atoms with van der Waals surface area (Å²) < 4.78 is 5.17. The lowest BCUT2D eigenvalue weighted by atomic mass is 9.80. The van der Waals surface area contributed by atoms with Crippen molar-refractivity contribution in [3.05, 3.63) is 81.4 Å². The Kier molecular flexibility index (Phi) is 3.85. The van der Waals surface area contributed by atoms with Gasteiger partial charge in [0, 0.05) is 32.7 Å². The molecule has 0 amide bonds. The van der Waals surface area contributed by atoms with E-state index in [2.05, 4.69) is 0 Å². The van der Waals surface area contributed by atoms with Gasteiger partial charge in [0.1, 0.15) is 0 Å². The Hall–Kier alpha value is -2.98. The van der Waals surface area contributed by atoms with Crippen molar-refractivity contribution in [3.63, 3.8) is 0 Å². The Labute approximate surface area is 154 Å². The molecular formula is C21H13ClO4. The van der Waals surface area contributed by atoms with Crippen molar-refractivity contribution in [2.24, 2.45) is 0 Å². The number of carbonyl (C=O) groups is 3. The molecule has 0 heterocycles. The summed E-state index contributed by atoms with van der Waals surface area (Å²) in [6.45, 7) is 1.84. The summed E-state index contributed by atoms with van der Waals surface area (Å²) in [6.07, 6.45) is 0. The lowest BCUT2D eigenvalue weighted by Crippen LogP contribution is -2.25. The third-order valence-electron chi connectivity index (χ3n) is 4.50. The molecule has 4 rings (SSSR count). The van der Waals surface area contributed by atoms with E-state index in [9.17, 15) is 14.4 Å². The lowest BCUT2D eigenvalue weighted by Gasteiger charge is -2.21. The average molecular weight is 365 g/mol. The van der Waals surface area contributed by atoms with Crippen molar-refractivity contribution in [1.82, 2.24) is 0 Å². The second-order valence-corrected chi connectivity index (χ2v) is 6.34. The maximum atomic E-state index is 13.1. The van der Waals surface area contributed by atoms with Crippen LogP contribution in [0.25, 0.3) is 10.8 Å². The maximum Gasteiger partial charge on any atom is 0.339 e. The van der Waals surface area contributed by atoms with E-state index in [0.29, 0.717) is 21.4 Å². The van der Waals surface area contributed by atoms with Crippen LogP contribution < -0.4 is 0 Å². The largest absolute Gasteiger partial charge is 0.462 e. The summed E-state index contributed by atoms with van der Waals surface area (Å²) in [5.41, 5.74) is 0.970. The van der Waals surface area contributed by atoms with Gasteiger partial charge in [0.25, 0.3) is 0 Å². The molecule has 0 aromatic heterocycles.